The van der Waals surface area contributed by atoms with Crippen LogP contribution < -0.4 is 4.74 Å². The number of ether oxygens (including phenoxy) is 1. The zero-order valence-electron chi connectivity index (χ0n) is 18.5. The van der Waals surface area contributed by atoms with E-state index in [1.165, 1.54) is 42.2 Å². The van der Waals surface area contributed by atoms with Crippen molar-refractivity contribution >= 4 is 16.7 Å². The number of allylic oxidation sites excluding steroid dienone is 2. The monoisotopic (exact) mass is 583 g/mol. The second kappa shape index (κ2) is 11.1. The Balaban J connectivity index is 0.000000489. The fourth-order valence-corrected chi connectivity index (χ4v) is 3.05. The second-order valence-electron chi connectivity index (χ2n) is 7.15. The van der Waals surface area contributed by atoms with Gasteiger partial charge in [0.15, 0.2) is 5.78 Å². The van der Waals surface area contributed by atoms with E-state index in [1.54, 1.807) is 7.11 Å². The summed E-state index contributed by atoms with van der Waals surface area (Å²) < 4.78 is 5.27. The molecule has 0 saturated heterocycles. The normalized spacial score (nSPS) is 10.7. The Kier molecular flexibility index (Phi) is 9.41. The van der Waals surface area contributed by atoms with Gasteiger partial charge in [0, 0.05) is 31.6 Å². The molecular weight excluding hydrogens is 554 g/mol. The van der Waals surface area contributed by atoms with Gasteiger partial charge in [-0.2, -0.15) is 0 Å². The van der Waals surface area contributed by atoms with Crippen LogP contribution in [0.5, 0.6) is 5.75 Å². The topological polar surface area (TPSA) is 59.4 Å². The van der Waals surface area contributed by atoms with Crippen molar-refractivity contribution in [1.29, 1.82) is 0 Å². The molecule has 30 heavy (non-hydrogen) atoms. The molecule has 0 fully saturated rings. The molecule has 0 aliphatic carbocycles. The van der Waals surface area contributed by atoms with Crippen molar-refractivity contribution in [3.63, 3.8) is 0 Å². The predicted octanol–water partition coefficient (Wildman–Crippen LogP) is 5.98. The molecule has 3 aromatic rings. The number of aromatic nitrogens is 1. The van der Waals surface area contributed by atoms with Crippen LogP contribution in [-0.4, -0.2) is 23.0 Å². The maximum Gasteiger partial charge on any atom is 0.155 e. The van der Waals surface area contributed by atoms with E-state index in [-0.39, 0.29) is 31.6 Å². The summed E-state index contributed by atoms with van der Waals surface area (Å²) in [6, 6.07) is 13.6. The van der Waals surface area contributed by atoms with Gasteiger partial charge in [0.25, 0.3) is 0 Å². The molecule has 0 spiro atoms. The number of carbonyl (C=O) groups excluding carboxylic acids is 1. The molecule has 5 heteroatoms. The minimum Gasteiger partial charge on any atom is -0.512 e. The Morgan fingerprint density at radius 2 is 1.70 bits per heavy atom. The summed E-state index contributed by atoms with van der Waals surface area (Å²) in [6.45, 7) is 11.4. The van der Waals surface area contributed by atoms with Crippen molar-refractivity contribution in [2.45, 2.75) is 41.5 Å². The van der Waals surface area contributed by atoms with Crippen LogP contribution in [0.1, 0.15) is 36.1 Å². The van der Waals surface area contributed by atoms with Crippen molar-refractivity contribution < 1.29 is 34.7 Å². The summed E-state index contributed by atoms with van der Waals surface area (Å²) in [5, 5.41) is 9.45. The summed E-state index contributed by atoms with van der Waals surface area (Å²) in [5.41, 5.74) is 8.12. The molecule has 3 rings (SSSR count). The molecule has 2 aromatic carbocycles. The number of methoxy groups -OCH3 is 1. The van der Waals surface area contributed by atoms with Gasteiger partial charge in [-0.3, -0.25) is 9.78 Å². The average molecular weight is 583 g/mol. The Labute approximate surface area is 192 Å². The first kappa shape index (κ1) is 25.5. The van der Waals surface area contributed by atoms with Crippen LogP contribution in [0.15, 0.2) is 42.2 Å². The number of aliphatic hydroxyl groups excluding tert-OH is 1. The number of rotatable bonds is 3. The van der Waals surface area contributed by atoms with Gasteiger partial charge < -0.3 is 9.84 Å². The molecule has 1 radical (unpaired) electrons. The van der Waals surface area contributed by atoms with Crippen LogP contribution >= 0.6 is 0 Å². The van der Waals surface area contributed by atoms with Gasteiger partial charge >= 0.3 is 0 Å². The van der Waals surface area contributed by atoms with Gasteiger partial charge in [-0.25, -0.2) is 0 Å². The predicted molar refractivity (Wildman–Crippen MR) is 119 cm³/mol. The summed E-state index contributed by atoms with van der Waals surface area (Å²) in [5.74, 6) is 0.791. The molecule has 1 heterocycles. The Bertz CT molecular complexity index is 1080. The van der Waals surface area contributed by atoms with Crippen LogP contribution in [0.4, 0.5) is 0 Å². The molecule has 1 N–H and O–H groups in total. The molecule has 0 atom stereocenters. The Morgan fingerprint density at radius 1 is 1.03 bits per heavy atom. The summed E-state index contributed by atoms with van der Waals surface area (Å²) in [6.07, 6.45) is 1.17. The number of carbonyl (C=O) groups is 1. The first-order valence-electron chi connectivity index (χ1n) is 9.46. The van der Waals surface area contributed by atoms with E-state index >= 15 is 0 Å². The first-order chi connectivity index (χ1) is 13.6. The number of aryl methyl sites for hydroxylation is 1. The van der Waals surface area contributed by atoms with E-state index < -0.39 is 0 Å². The second-order valence-corrected chi connectivity index (χ2v) is 7.15. The molecule has 0 aliphatic heterocycles. The van der Waals surface area contributed by atoms with Crippen molar-refractivity contribution in [2.24, 2.45) is 0 Å². The van der Waals surface area contributed by atoms with E-state index in [2.05, 4.69) is 45.9 Å². The average Bonchev–Trinajstić information content (AvgIpc) is 2.67. The van der Waals surface area contributed by atoms with E-state index in [1.807, 2.05) is 18.2 Å². The molecule has 0 amide bonds. The Morgan fingerprint density at radius 3 is 2.23 bits per heavy atom. The van der Waals surface area contributed by atoms with E-state index in [0.29, 0.717) is 0 Å². The van der Waals surface area contributed by atoms with Crippen molar-refractivity contribution in [3.05, 3.63) is 70.5 Å². The zero-order valence-corrected chi connectivity index (χ0v) is 20.9. The maximum absolute atomic E-state index is 10.0. The summed E-state index contributed by atoms with van der Waals surface area (Å²) in [7, 11) is 1.68. The van der Waals surface area contributed by atoms with E-state index in [9.17, 15) is 4.79 Å². The smallest absolute Gasteiger partial charge is 0.155 e. The third-order valence-corrected chi connectivity index (χ3v) is 4.94. The number of fused-ring (bicyclic) bond motifs is 1. The molecular formula is C25H28IrNO3-. The minimum absolute atomic E-state index is 0. The fraction of sp³-hybridized carbons (Fsp3) is 0.280. The van der Waals surface area contributed by atoms with Crippen LogP contribution in [0.2, 0.25) is 0 Å². The maximum atomic E-state index is 10.0. The van der Waals surface area contributed by atoms with Crippen LogP contribution in [0.3, 0.4) is 0 Å². The number of pyridine rings is 1. The number of aliphatic hydroxyl groups is 1. The van der Waals surface area contributed by atoms with Gasteiger partial charge in [0.05, 0.1) is 18.4 Å². The van der Waals surface area contributed by atoms with E-state index in [0.717, 1.165) is 27.9 Å². The molecule has 1 aromatic heterocycles. The van der Waals surface area contributed by atoms with Crippen LogP contribution in [0.25, 0.3) is 22.2 Å². The summed E-state index contributed by atoms with van der Waals surface area (Å²) in [4.78, 5) is 14.8. The molecule has 0 aliphatic rings. The number of benzene rings is 2. The molecule has 0 saturated carbocycles. The summed E-state index contributed by atoms with van der Waals surface area (Å²) >= 11 is 0. The third-order valence-electron chi connectivity index (χ3n) is 4.94. The molecule has 4 nitrogen and oxygen atoms in total. The van der Waals surface area contributed by atoms with Crippen molar-refractivity contribution in [1.82, 2.24) is 4.98 Å². The van der Waals surface area contributed by atoms with Crippen molar-refractivity contribution in [3.8, 4) is 17.0 Å². The first-order valence-corrected chi connectivity index (χ1v) is 9.46. The molecule has 0 unspecified atom stereocenters. The number of hydrogen-bond donors (Lipinski definition) is 1. The van der Waals surface area contributed by atoms with E-state index in [4.69, 9.17) is 14.8 Å². The molecule has 0 bridgehead atoms. The van der Waals surface area contributed by atoms with Gasteiger partial charge in [0.1, 0.15) is 5.75 Å². The molecule has 161 valence electrons. The number of ketones is 1. The van der Waals surface area contributed by atoms with Crippen molar-refractivity contribution in [2.75, 3.05) is 7.11 Å². The SMILES string of the molecule is CC(=O)/C=C(/C)O.COc1ccc2nc(-c3[c-]c(C)c(C)c(C)c3C)ccc2c1.[Ir]. The number of hydrogen-bond acceptors (Lipinski definition) is 4. The quantitative estimate of drug-likeness (QED) is 0.235. The van der Waals surface area contributed by atoms with Crippen LogP contribution in [0, 0.1) is 33.8 Å². The van der Waals surface area contributed by atoms with Gasteiger partial charge in [-0.05, 0) is 37.7 Å². The fourth-order valence-electron chi connectivity index (χ4n) is 3.05. The zero-order chi connectivity index (χ0) is 21.7. The van der Waals surface area contributed by atoms with Gasteiger partial charge in [0.2, 0.25) is 0 Å². The Hall–Kier alpha value is -2.49. The minimum atomic E-state index is -0.125. The largest absolute Gasteiger partial charge is 0.512 e. The van der Waals surface area contributed by atoms with Gasteiger partial charge in [-0.1, -0.05) is 39.8 Å². The standard InChI is InChI=1S/C20H20NO.C5H8O2.Ir/c1-12-10-18(15(4)14(3)13(12)2)20-8-6-16-11-17(22-5)7-9-19(16)21-20;1-4(6)3-5(2)7;/h6-9,11H,1-5H3;3,6H,1-2H3;/q-1;;/b;4-3-;. The third kappa shape index (κ3) is 6.25. The van der Waals surface area contributed by atoms with Gasteiger partial charge in [-0.15, -0.1) is 33.9 Å². The van der Waals surface area contributed by atoms with Crippen LogP contribution in [-0.2, 0) is 24.9 Å². The number of nitrogens with zero attached hydrogens (tertiary/aromatic N) is 1.